The summed E-state index contributed by atoms with van der Waals surface area (Å²) in [6.45, 7) is 4.17. The summed E-state index contributed by atoms with van der Waals surface area (Å²) in [6, 6.07) is 0. The van der Waals surface area contributed by atoms with Gasteiger partial charge in [0.25, 0.3) is 0 Å². The number of aliphatic imine (C=N–C) groups is 1. The number of rotatable bonds is 0. The van der Waals surface area contributed by atoms with Crippen molar-refractivity contribution in [1.29, 1.82) is 0 Å². The van der Waals surface area contributed by atoms with Gasteiger partial charge in [0.15, 0.2) is 11.4 Å². The number of hydrogen-bond acceptors (Lipinski definition) is 4. The first-order chi connectivity index (χ1) is 5.94. The van der Waals surface area contributed by atoms with E-state index in [0.29, 0.717) is 13.0 Å². The van der Waals surface area contributed by atoms with Crippen LogP contribution in [0.3, 0.4) is 0 Å². The van der Waals surface area contributed by atoms with E-state index in [2.05, 4.69) is 4.99 Å². The average molecular weight is 184 g/mol. The molecule has 1 unspecified atom stereocenters. The number of ether oxygens (including phenoxy) is 2. The van der Waals surface area contributed by atoms with Crippen molar-refractivity contribution in [2.24, 2.45) is 10.7 Å². The first kappa shape index (κ1) is 8.50. The predicted octanol–water partition coefficient (Wildman–Crippen LogP) is 0.432. The Bertz CT molecular complexity index is 298. The molecule has 1 atom stereocenters. The van der Waals surface area contributed by atoms with E-state index in [-0.39, 0.29) is 11.4 Å². The van der Waals surface area contributed by atoms with Gasteiger partial charge in [-0.2, -0.15) is 4.99 Å². The summed E-state index contributed by atoms with van der Waals surface area (Å²) >= 11 is 0. The Kier molecular flexibility index (Phi) is 1.46. The predicted molar refractivity (Wildman–Crippen MR) is 45.5 cm³/mol. The van der Waals surface area contributed by atoms with E-state index in [0.717, 1.165) is 0 Å². The quantitative estimate of drug-likeness (QED) is 0.592. The molecule has 1 spiro atoms. The van der Waals surface area contributed by atoms with E-state index in [1.165, 1.54) is 0 Å². The first-order valence-electron chi connectivity index (χ1n) is 4.15. The summed E-state index contributed by atoms with van der Waals surface area (Å²) in [4.78, 5) is 14.4. The van der Waals surface area contributed by atoms with Crippen molar-refractivity contribution < 1.29 is 14.3 Å². The summed E-state index contributed by atoms with van der Waals surface area (Å²) in [7, 11) is 0. The Morgan fingerprint density at radius 1 is 1.54 bits per heavy atom. The summed E-state index contributed by atoms with van der Waals surface area (Å²) in [5, 5.41) is 0. The lowest BCUT2D eigenvalue weighted by Crippen LogP contribution is -2.44. The van der Waals surface area contributed by atoms with Gasteiger partial charge in [-0.25, -0.2) is 4.79 Å². The molecule has 0 saturated carbocycles. The van der Waals surface area contributed by atoms with Gasteiger partial charge in [-0.05, 0) is 13.8 Å². The number of carbonyl (C=O) groups is 1. The monoisotopic (exact) mass is 184 g/mol. The fourth-order valence-corrected chi connectivity index (χ4v) is 1.77. The number of hydrogen-bond donors (Lipinski definition) is 1. The molecule has 0 aromatic heterocycles. The molecule has 0 aromatic rings. The van der Waals surface area contributed by atoms with Crippen LogP contribution in [0.15, 0.2) is 4.99 Å². The topological polar surface area (TPSA) is 73.9 Å². The van der Waals surface area contributed by atoms with Crippen LogP contribution >= 0.6 is 0 Å². The van der Waals surface area contributed by atoms with Crippen molar-refractivity contribution in [3.8, 4) is 0 Å². The van der Waals surface area contributed by atoms with Crippen molar-refractivity contribution in [1.82, 2.24) is 0 Å². The van der Waals surface area contributed by atoms with E-state index in [1.54, 1.807) is 0 Å². The van der Waals surface area contributed by atoms with Crippen LogP contribution in [0.1, 0.15) is 20.3 Å². The molecule has 0 radical (unpaired) electrons. The molecule has 2 rings (SSSR count). The summed E-state index contributed by atoms with van der Waals surface area (Å²) in [6.07, 6.45) is -0.0417. The maximum Gasteiger partial charge on any atom is 0.436 e. The first-order valence-corrected chi connectivity index (χ1v) is 4.15. The van der Waals surface area contributed by atoms with Gasteiger partial charge in [0.1, 0.15) is 0 Å². The van der Waals surface area contributed by atoms with Crippen LogP contribution < -0.4 is 5.73 Å². The minimum absolute atomic E-state index is 0.239. The highest BCUT2D eigenvalue weighted by Crippen LogP contribution is 2.37. The van der Waals surface area contributed by atoms with Crippen molar-refractivity contribution in [3.05, 3.63) is 0 Å². The molecule has 5 heteroatoms. The van der Waals surface area contributed by atoms with Crippen molar-refractivity contribution in [2.45, 2.75) is 31.5 Å². The van der Waals surface area contributed by atoms with Crippen molar-refractivity contribution in [2.75, 3.05) is 6.61 Å². The normalized spacial score (nSPS) is 36.5. The maximum atomic E-state index is 10.9. The average Bonchev–Trinajstić information content (AvgIpc) is 2.38. The third-order valence-electron chi connectivity index (χ3n) is 2.37. The summed E-state index contributed by atoms with van der Waals surface area (Å²) in [5.74, 6) is 0.239. The van der Waals surface area contributed by atoms with Crippen LogP contribution in [-0.2, 0) is 9.47 Å². The fraction of sp³-hybridized carbons (Fsp3) is 0.750. The van der Waals surface area contributed by atoms with E-state index in [1.807, 2.05) is 13.8 Å². The highest BCUT2D eigenvalue weighted by Gasteiger charge is 2.53. The number of nitrogens with zero attached hydrogens (tertiary/aromatic N) is 1. The van der Waals surface area contributed by atoms with Gasteiger partial charge in [-0.1, -0.05) is 0 Å². The molecule has 5 nitrogen and oxygen atoms in total. The Morgan fingerprint density at radius 3 is 2.62 bits per heavy atom. The van der Waals surface area contributed by atoms with Crippen LogP contribution in [0.4, 0.5) is 4.79 Å². The standard InChI is InChI=1S/C8H12N2O3/c1-7(2)3-8(4-12-7)5(9)10-6(11)13-8/h3-4H2,1-2H3,(H2,9,10,11). The lowest BCUT2D eigenvalue weighted by molar-refractivity contribution is 0.0230. The molecule has 1 amide bonds. The third kappa shape index (κ3) is 1.19. The molecule has 1 fully saturated rings. The Hall–Kier alpha value is -1.10. The molecule has 0 aromatic carbocycles. The minimum Gasteiger partial charge on any atom is -0.430 e. The molecule has 2 heterocycles. The number of amides is 1. The largest absolute Gasteiger partial charge is 0.436 e. The summed E-state index contributed by atoms with van der Waals surface area (Å²) in [5.41, 5.74) is 4.52. The molecule has 0 bridgehead atoms. The van der Waals surface area contributed by atoms with Gasteiger partial charge < -0.3 is 15.2 Å². The number of nitrogens with two attached hydrogens (primary N) is 1. The van der Waals surface area contributed by atoms with Gasteiger partial charge in [-0.15, -0.1) is 0 Å². The smallest absolute Gasteiger partial charge is 0.430 e. The van der Waals surface area contributed by atoms with Gasteiger partial charge in [0.2, 0.25) is 0 Å². The van der Waals surface area contributed by atoms with E-state index < -0.39 is 11.7 Å². The second-order valence-corrected chi connectivity index (χ2v) is 4.08. The highest BCUT2D eigenvalue weighted by atomic mass is 16.6. The van der Waals surface area contributed by atoms with Crippen LogP contribution in [0, 0.1) is 0 Å². The SMILES string of the molecule is CC1(C)CC2(CO1)OC(=O)N=C2N. The molecule has 0 aliphatic carbocycles. The molecule has 72 valence electrons. The van der Waals surface area contributed by atoms with E-state index in [9.17, 15) is 4.79 Å². The third-order valence-corrected chi connectivity index (χ3v) is 2.37. The van der Waals surface area contributed by atoms with Crippen LogP contribution in [0.25, 0.3) is 0 Å². The molecular formula is C8H12N2O3. The second-order valence-electron chi connectivity index (χ2n) is 4.08. The van der Waals surface area contributed by atoms with Crippen molar-refractivity contribution >= 4 is 11.9 Å². The van der Waals surface area contributed by atoms with Crippen LogP contribution in [0.2, 0.25) is 0 Å². The Labute approximate surface area is 75.9 Å². The molecule has 2 aliphatic heterocycles. The number of carbonyl (C=O) groups excluding carboxylic acids is 1. The Balaban J connectivity index is 2.26. The zero-order valence-electron chi connectivity index (χ0n) is 7.66. The van der Waals surface area contributed by atoms with Gasteiger partial charge in [0.05, 0.1) is 12.2 Å². The Morgan fingerprint density at radius 2 is 2.23 bits per heavy atom. The van der Waals surface area contributed by atoms with Gasteiger partial charge in [0, 0.05) is 6.42 Å². The van der Waals surface area contributed by atoms with Gasteiger partial charge >= 0.3 is 6.09 Å². The minimum atomic E-state index is -0.791. The lowest BCUT2D eigenvalue weighted by Gasteiger charge is -2.21. The van der Waals surface area contributed by atoms with Crippen LogP contribution in [-0.4, -0.2) is 29.7 Å². The summed E-state index contributed by atoms with van der Waals surface area (Å²) < 4.78 is 10.5. The fourth-order valence-electron chi connectivity index (χ4n) is 1.77. The zero-order valence-corrected chi connectivity index (χ0v) is 7.66. The zero-order chi connectivity index (χ0) is 9.69. The van der Waals surface area contributed by atoms with Crippen LogP contribution in [0.5, 0.6) is 0 Å². The van der Waals surface area contributed by atoms with Crippen molar-refractivity contribution in [3.63, 3.8) is 0 Å². The molecule has 1 saturated heterocycles. The van der Waals surface area contributed by atoms with Gasteiger partial charge in [-0.3, -0.25) is 0 Å². The van der Waals surface area contributed by atoms with E-state index >= 15 is 0 Å². The molecule has 2 N–H and O–H groups in total. The van der Waals surface area contributed by atoms with E-state index in [4.69, 9.17) is 15.2 Å². The highest BCUT2D eigenvalue weighted by molar-refractivity contribution is 6.02. The molecule has 13 heavy (non-hydrogen) atoms. The number of amidine groups is 1. The second kappa shape index (κ2) is 2.23. The molecule has 2 aliphatic rings. The lowest BCUT2D eigenvalue weighted by atomic mass is 9.93. The maximum absolute atomic E-state index is 10.9. The molecular weight excluding hydrogens is 172 g/mol.